The molecule has 0 spiro atoms. The summed E-state index contributed by atoms with van der Waals surface area (Å²) >= 11 is 0. The number of benzene rings is 2. The van der Waals surface area contributed by atoms with E-state index < -0.39 is 0 Å². The summed E-state index contributed by atoms with van der Waals surface area (Å²) in [7, 11) is 0. The number of carbonyl (C=O) groups is 1. The minimum atomic E-state index is 0.148. The quantitative estimate of drug-likeness (QED) is 0.722. The van der Waals surface area contributed by atoms with E-state index in [1.54, 1.807) is 6.20 Å². The number of amides is 1. The smallest absolute Gasteiger partial charge is 0.231 e. The standard InChI is InChI=1S/C20H18N2O/c23-19(22-13-5-10-15-6-1-2-11-18(15)22)14-17-8-3-7-16-9-4-12-21-20(16)17/h1-4,6-9,11-12H,5,10,13-14H2. The lowest BCUT2D eigenvalue weighted by molar-refractivity contribution is -0.118. The number of aromatic nitrogens is 1. The summed E-state index contributed by atoms with van der Waals surface area (Å²) < 4.78 is 0. The fraction of sp³-hybridized carbons (Fsp3) is 0.200. The third-order valence-corrected chi connectivity index (χ3v) is 4.47. The molecule has 3 aromatic rings. The zero-order valence-corrected chi connectivity index (χ0v) is 12.9. The molecule has 0 bridgehead atoms. The molecule has 114 valence electrons. The van der Waals surface area contributed by atoms with Crippen molar-refractivity contribution in [1.29, 1.82) is 0 Å². The Bertz CT molecular complexity index is 867. The van der Waals surface area contributed by atoms with E-state index in [1.807, 2.05) is 53.4 Å². The maximum atomic E-state index is 12.9. The van der Waals surface area contributed by atoms with Gasteiger partial charge in [-0.2, -0.15) is 0 Å². The molecule has 2 aromatic carbocycles. The van der Waals surface area contributed by atoms with E-state index in [9.17, 15) is 4.79 Å². The Hall–Kier alpha value is -2.68. The highest BCUT2D eigenvalue weighted by atomic mass is 16.2. The van der Waals surface area contributed by atoms with Crippen LogP contribution in [0.1, 0.15) is 17.5 Å². The highest BCUT2D eigenvalue weighted by Crippen LogP contribution is 2.27. The molecular formula is C20H18N2O. The van der Waals surface area contributed by atoms with Crippen molar-refractivity contribution in [1.82, 2.24) is 4.98 Å². The lowest BCUT2D eigenvalue weighted by atomic mass is 10.0. The highest BCUT2D eigenvalue weighted by Gasteiger charge is 2.22. The number of fused-ring (bicyclic) bond motifs is 2. The van der Waals surface area contributed by atoms with Gasteiger partial charge in [0.15, 0.2) is 0 Å². The Morgan fingerprint density at radius 1 is 1.04 bits per heavy atom. The normalized spacial score (nSPS) is 13.8. The number of aryl methyl sites for hydroxylation is 1. The molecule has 1 aliphatic rings. The summed E-state index contributed by atoms with van der Waals surface area (Å²) in [5, 5.41) is 1.08. The first-order chi connectivity index (χ1) is 11.3. The van der Waals surface area contributed by atoms with Gasteiger partial charge in [0.2, 0.25) is 5.91 Å². The number of hydrogen-bond acceptors (Lipinski definition) is 2. The number of pyridine rings is 1. The zero-order valence-electron chi connectivity index (χ0n) is 12.9. The predicted octanol–water partition coefficient (Wildman–Crippen LogP) is 3.76. The Morgan fingerprint density at radius 3 is 2.87 bits per heavy atom. The molecule has 23 heavy (non-hydrogen) atoms. The van der Waals surface area contributed by atoms with Gasteiger partial charge in [0.05, 0.1) is 11.9 Å². The third-order valence-electron chi connectivity index (χ3n) is 4.47. The molecule has 0 atom stereocenters. The van der Waals surface area contributed by atoms with Gasteiger partial charge in [0.1, 0.15) is 0 Å². The van der Waals surface area contributed by atoms with Crippen LogP contribution in [0.3, 0.4) is 0 Å². The fourth-order valence-electron chi connectivity index (χ4n) is 3.36. The lowest BCUT2D eigenvalue weighted by Crippen LogP contribution is -2.36. The van der Waals surface area contributed by atoms with Crippen molar-refractivity contribution in [2.75, 3.05) is 11.4 Å². The van der Waals surface area contributed by atoms with E-state index in [1.165, 1.54) is 5.56 Å². The average molecular weight is 302 g/mol. The predicted molar refractivity (Wildman–Crippen MR) is 92.6 cm³/mol. The van der Waals surface area contributed by atoms with Crippen LogP contribution in [0.2, 0.25) is 0 Å². The molecule has 2 heterocycles. The molecule has 0 saturated heterocycles. The van der Waals surface area contributed by atoms with Gasteiger partial charge in [-0.05, 0) is 36.1 Å². The monoisotopic (exact) mass is 302 g/mol. The van der Waals surface area contributed by atoms with E-state index in [4.69, 9.17) is 0 Å². The van der Waals surface area contributed by atoms with Gasteiger partial charge in [0.25, 0.3) is 0 Å². The second kappa shape index (κ2) is 5.84. The summed E-state index contributed by atoms with van der Waals surface area (Å²) in [5.74, 6) is 0.148. The summed E-state index contributed by atoms with van der Waals surface area (Å²) in [6.45, 7) is 0.800. The minimum absolute atomic E-state index is 0.148. The second-order valence-electron chi connectivity index (χ2n) is 5.95. The molecule has 0 N–H and O–H groups in total. The van der Waals surface area contributed by atoms with Crippen molar-refractivity contribution in [2.45, 2.75) is 19.3 Å². The Labute approximate surface area is 135 Å². The van der Waals surface area contributed by atoms with Crippen LogP contribution in [0.4, 0.5) is 5.69 Å². The number of nitrogens with zero attached hydrogens (tertiary/aromatic N) is 2. The SMILES string of the molecule is O=C(Cc1cccc2cccnc12)N1CCCc2ccccc21. The number of para-hydroxylation sites is 2. The van der Waals surface area contributed by atoms with Gasteiger partial charge in [-0.25, -0.2) is 0 Å². The van der Waals surface area contributed by atoms with Gasteiger partial charge in [-0.1, -0.05) is 42.5 Å². The zero-order chi connectivity index (χ0) is 15.6. The summed E-state index contributed by atoms with van der Waals surface area (Å²) in [6, 6.07) is 18.2. The number of rotatable bonds is 2. The first-order valence-corrected chi connectivity index (χ1v) is 8.04. The van der Waals surface area contributed by atoms with Crippen LogP contribution >= 0.6 is 0 Å². The summed E-state index contributed by atoms with van der Waals surface area (Å²) in [6.07, 6.45) is 4.25. The number of anilines is 1. The van der Waals surface area contributed by atoms with Crippen molar-refractivity contribution < 1.29 is 4.79 Å². The van der Waals surface area contributed by atoms with Crippen LogP contribution in [0.15, 0.2) is 60.8 Å². The second-order valence-corrected chi connectivity index (χ2v) is 5.95. The molecule has 1 aliphatic heterocycles. The Balaban J connectivity index is 1.66. The van der Waals surface area contributed by atoms with Crippen LogP contribution in [-0.4, -0.2) is 17.4 Å². The molecule has 1 aromatic heterocycles. The summed E-state index contributed by atoms with van der Waals surface area (Å²) in [5.41, 5.74) is 4.25. The lowest BCUT2D eigenvalue weighted by Gasteiger charge is -2.29. The van der Waals surface area contributed by atoms with Gasteiger partial charge < -0.3 is 4.90 Å². The van der Waals surface area contributed by atoms with Crippen molar-refractivity contribution in [2.24, 2.45) is 0 Å². The van der Waals surface area contributed by atoms with E-state index in [0.29, 0.717) is 6.42 Å². The Morgan fingerprint density at radius 2 is 1.91 bits per heavy atom. The highest BCUT2D eigenvalue weighted by molar-refractivity contribution is 5.98. The largest absolute Gasteiger partial charge is 0.312 e. The molecule has 0 radical (unpaired) electrons. The fourth-order valence-corrected chi connectivity index (χ4v) is 3.36. The van der Waals surface area contributed by atoms with Crippen molar-refractivity contribution in [3.8, 4) is 0 Å². The van der Waals surface area contributed by atoms with Crippen LogP contribution < -0.4 is 4.90 Å². The molecule has 3 heteroatoms. The molecule has 0 fully saturated rings. The van der Waals surface area contributed by atoms with Crippen molar-refractivity contribution >= 4 is 22.5 Å². The number of carbonyl (C=O) groups excluding carboxylic acids is 1. The third kappa shape index (κ3) is 2.59. The van der Waals surface area contributed by atoms with Crippen molar-refractivity contribution in [3.05, 3.63) is 71.9 Å². The topological polar surface area (TPSA) is 33.2 Å². The summed E-state index contributed by atoms with van der Waals surface area (Å²) in [4.78, 5) is 19.3. The van der Waals surface area contributed by atoms with E-state index in [-0.39, 0.29) is 5.91 Å². The molecular weight excluding hydrogens is 284 g/mol. The average Bonchev–Trinajstić information content (AvgIpc) is 2.61. The molecule has 0 aliphatic carbocycles. The van der Waals surface area contributed by atoms with Crippen LogP contribution in [-0.2, 0) is 17.6 Å². The van der Waals surface area contributed by atoms with Gasteiger partial charge >= 0.3 is 0 Å². The first kappa shape index (κ1) is 13.9. The van der Waals surface area contributed by atoms with Crippen molar-refractivity contribution in [3.63, 3.8) is 0 Å². The van der Waals surface area contributed by atoms with E-state index >= 15 is 0 Å². The van der Waals surface area contributed by atoms with Gasteiger partial charge in [-0.3, -0.25) is 9.78 Å². The van der Waals surface area contributed by atoms with E-state index in [0.717, 1.165) is 41.5 Å². The van der Waals surface area contributed by atoms with Gasteiger partial charge in [0, 0.05) is 23.8 Å². The Kier molecular flexibility index (Phi) is 3.54. The maximum absolute atomic E-state index is 12.9. The van der Waals surface area contributed by atoms with Crippen LogP contribution in [0.25, 0.3) is 10.9 Å². The number of hydrogen-bond donors (Lipinski definition) is 0. The molecule has 1 amide bonds. The molecule has 0 unspecified atom stereocenters. The maximum Gasteiger partial charge on any atom is 0.231 e. The van der Waals surface area contributed by atoms with Crippen LogP contribution in [0, 0.1) is 0 Å². The van der Waals surface area contributed by atoms with E-state index in [2.05, 4.69) is 11.1 Å². The minimum Gasteiger partial charge on any atom is -0.312 e. The molecule has 0 saturated carbocycles. The molecule has 3 nitrogen and oxygen atoms in total. The van der Waals surface area contributed by atoms with Crippen LogP contribution in [0.5, 0.6) is 0 Å². The first-order valence-electron chi connectivity index (χ1n) is 8.04. The molecule has 4 rings (SSSR count). The van der Waals surface area contributed by atoms with Gasteiger partial charge in [-0.15, -0.1) is 0 Å².